The first-order chi connectivity index (χ1) is 9.63. The molecule has 1 unspecified atom stereocenters. The number of aromatic nitrogens is 1. The van der Waals surface area contributed by atoms with Crippen molar-refractivity contribution in [1.29, 1.82) is 0 Å². The Bertz CT molecular complexity index is 721. The van der Waals surface area contributed by atoms with Crippen molar-refractivity contribution in [3.8, 4) is 0 Å². The first kappa shape index (κ1) is 12.7. The normalized spacial score (nSPS) is 12.8. The van der Waals surface area contributed by atoms with Crippen molar-refractivity contribution in [2.24, 2.45) is 5.73 Å². The lowest BCUT2D eigenvalue weighted by molar-refractivity contribution is 0.490. The molecule has 2 N–H and O–H groups in total. The van der Waals surface area contributed by atoms with Crippen molar-refractivity contribution in [3.05, 3.63) is 65.6 Å². The number of para-hydroxylation sites is 2. The van der Waals surface area contributed by atoms with Gasteiger partial charge in [-0.1, -0.05) is 18.2 Å². The second kappa shape index (κ2) is 5.02. The van der Waals surface area contributed by atoms with Crippen LogP contribution >= 0.6 is 0 Å². The van der Waals surface area contributed by atoms with E-state index in [1.807, 2.05) is 18.2 Å². The van der Waals surface area contributed by atoms with Crippen LogP contribution in [0.15, 0.2) is 46.9 Å². The van der Waals surface area contributed by atoms with Crippen LogP contribution in [0.3, 0.4) is 0 Å². The van der Waals surface area contributed by atoms with E-state index >= 15 is 0 Å². The van der Waals surface area contributed by atoms with Gasteiger partial charge in [-0.3, -0.25) is 0 Å². The molecule has 0 amide bonds. The summed E-state index contributed by atoms with van der Waals surface area (Å²) in [5.41, 5.74) is 7.57. The van der Waals surface area contributed by atoms with Crippen LogP contribution in [-0.4, -0.2) is 4.98 Å². The number of nitrogens with two attached hydrogens (primary N) is 1. The fraction of sp³-hybridized carbons (Fsp3) is 0.133. The number of benzene rings is 2. The van der Waals surface area contributed by atoms with Crippen LogP contribution in [-0.2, 0) is 6.42 Å². The summed E-state index contributed by atoms with van der Waals surface area (Å²) in [5.74, 6) is -0.851. The molecule has 0 bridgehead atoms. The highest BCUT2D eigenvalue weighted by Gasteiger charge is 2.16. The average molecular weight is 274 g/mol. The molecule has 3 rings (SSSR count). The molecule has 1 aromatic heterocycles. The monoisotopic (exact) mass is 274 g/mol. The maximum atomic E-state index is 13.6. The molecule has 0 saturated carbocycles. The summed E-state index contributed by atoms with van der Waals surface area (Å²) in [6.45, 7) is 0. The Balaban J connectivity index is 1.86. The highest BCUT2D eigenvalue weighted by molar-refractivity contribution is 5.72. The van der Waals surface area contributed by atoms with Crippen molar-refractivity contribution < 1.29 is 13.2 Å². The fourth-order valence-electron chi connectivity index (χ4n) is 2.11. The topological polar surface area (TPSA) is 52.0 Å². The number of fused-ring (bicyclic) bond motifs is 1. The molecule has 0 aliphatic carbocycles. The number of oxazole rings is 1. The van der Waals surface area contributed by atoms with E-state index in [1.54, 1.807) is 6.07 Å². The second-order valence-electron chi connectivity index (χ2n) is 4.55. The Morgan fingerprint density at radius 2 is 1.95 bits per heavy atom. The summed E-state index contributed by atoms with van der Waals surface area (Å²) in [6, 6.07) is 10.0. The zero-order valence-corrected chi connectivity index (χ0v) is 10.5. The molecule has 0 spiro atoms. The lowest BCUT2D eigenvalue weighted by Gasteiger charge is -2.10. The van der Waals surface area contributed by atoms with Crippen LogP contribution in [0.25, 0.3) is 11.1 Å². The number of rotatable bonds is 3. The van der Waals surface area contributed by atoms with Gasteiger partial charge in [-0.2, -0.15) is 0 Å². The summed E-state index contributed by atoms with van der Waals surface area (Å²) in [4.78, 5) is 4.28. The minimum absolute atomic E-state index is 0.244. The minimum atomic E-state index is -0.659. The summed E-state index contributed by atoms with van der Waals surface area (Å²) in [6.07, 6.45) is 0.247. The first-order valence-electron chi connectivity index (χ1n) is 6.18. The van der Waals surface area contributed by atoms with E-state index in [2.05, 4.69) is 4.98 Å². The van der Waals surface area contributed by atoms with Gasteiger partial charge in [0, 0.05) is 24.1 Å². The van der Waals surface area contributed by atoms with E-state index in [9.17, 15) is 8.78 Å². The van der Waals surface area contributed by atoms with Crippen molar-refractivity contribution in [3.63, 3.8) is 0 Å². The summed E-state index contributed by atoms with van der Waals surface area (Å²) >= 11 is 0. The van der Waals surface area contributed by atoms with E-state index in [0.29, 0.717) is 11.5 Å². The van der Waals surface area contributed by atoms with Gasteiger partial charge in [0.15, 0.2) is 11.5 Å². The van der Waals surface area contributed by atoms with Crippen LogP contribution in [0.1, 0.15) is 17.5 Å². The van der Waals surface area contributed by atoms with E-state index in [0.717, 1.165) is 11.6 Å². The number of hydrogen-bond acceptors (Lipinski definition) is 3. The molecule has 2 aromatic carbocycles. The molecule has 1 heterocycles. The predicted octanol–water partition coefficient (Wildman–Crippen LogP) is 3.35. The lowest BCUT2D eigenvalue weighted by Crippen LogP contribution is -2.15. The molecule has 20 heavy (non-hydrogen) atoms. The van der Waals surface area contributed by atoms with E-state index < -0.39 is 17.7 Å². The van der Waals surface area contributed by atoms with Crippen LogP contribution < -0.4 is 5.73 Å². The molecular formula is C15H12F2N2O. The average Bonchev–Trinajstić information content (AvgIpc) is 2.80. The number of halogens is 2. The number of hydrogen-bond donors (Lipinski definition) is 1. The molecule has 0 aliphatic rings. The largest absolute Gasteiger partial charge is 0.441 e. The molecule has 3 aromatic rings. The highest BCUT2D eigenvalue weighted by atomic mass is 19.1. The van der Waals surface area contributed by atoms with Gasteiger partial charge in [-0.05, 0) is 18.2 Å². The standard InChI is InChI=1S/C15H12F2N2O/c16-9-5-6-10(11(17)7-9)12(18)8-15-19-13-3-1-2-4-14(13)20-15/h1-7,12H,8,18H2. The SMILES string of the molecule is NC(Cc1nc2ccccc2o1)c1ccc(F)cc1F. The molecule has 102 valence electrons. The van der Waals surface area contributed by atoms with Gasteiger partial charge < -0.3 is 10.2 Å². The third kappa shape index (κ3) is 2.40. The van der Waals surface area contributed by atoms with E-state index in [4.69, 9.17) is 10.2 Å². The maximum Gasteiger partial charge on any atom is 0.197 e. The highest BCUT2D eigenvalue weighted by Crippen LogP contribution is 2.22. The summed E-state index contributed by atoms with van der Waals surface area (Å²) in [7, 11) is 0. The Morgan fingerprint density at radius 3 is 2.70 bits per heavy atom. The third-order valence-electron chi connectivity index (χ3n) is 3.09. The molecule has 5 heteroatoms. The van der Waals surface area contributed by atoms with Gasteiger partial charge in [0.25, 0.3) is 0 Å². The van der Waals surface area contributed by atoms with Gasteiger partial charge in [-0.25, -0.2) is 13.8 Å². The molecule has 0 fully saturated rings. The Labute approximate surface area is 114 Å². The molecule has 0 radical (unpaired) electrons. The maximum absolute atomic E-state index is 13.6. The van der Waals surface area contributed by atoms with E-state index in [1.165, 1.54) is 12.1 Å². The van der Waals surface area contributed by atoms with Crippen LogP contribution in [0.4, 0.5) is 8.78 Å². The lowest BCUT2D eigenvalue weighted by atomic mass is 10.0. The van der Waals surface area contributed by atoms with Gasteiger partial charge >= 0.3 is 0 Å². The number of nitrogens with zero attached hydrogens (tertiary/aromatic N) is 1. The van der Waals surface area contributed by atoms with E-state index in [-0.39, 0.29) is 12.0 Å². The second-order valence-corrected chi connectivity index (χ2v) is 4.55. The van der Waals surface area contributed by atoms with Gasteiger partial charge in [0.1, 0.15) is 17.2 Å². The Morgan fingerprint density at radius 1 is 1.15 bits per heavy atom. The van der Waals surface area contributed by atoms with Crippen LogP contribution in [0.5, 0.6) is 0 Å². The first-order valence-corrected chi connectivity index (χ1v) is 6.18. The van der Waals surface area contributed by atoms with Crippen LogP contribution in [0.2, 0.25) is 0 Å². The van der Waals surface area contributed by atoms with Gasteiger partial charge in [-0.15, -0.1) is 0 Å². The summed E-state index contributed by atoms with van der Waals surface area (Å²) < 4.78 is 32.0. The van der Waals surface area contributed by atoms with Crippen molar-refractivity contribution in [2.45, 2.75) is 12.5 Å². The third-order valence-corrected chi connectivity index (χ3v) is 3.09. The quantitative estimate of drug-likeness (QED) is 0.796. The van der Waals surface area contributed by atoms with Gasteiger partial charge in [0.2, 0.25) is 0 Å². The van der Waals surface area contributed by atoms with Crippen LogP contribution in [0, 0.1) is 11.6 Å². The van der Waals surface area contributed by atoms with Crippen molar-refractivity contribution >= 4 is 11.1 Å². The summed E-state index contributed by atoms with van der Waals surface area (Å²) in [5, 5.41) is 0. The molecule has 1 atom stereocenters. The predicted molar refractivity (Wildman–Crippen MR) is 71.0 cm³/mol. The smallest absolute Gasteiger partial charge is 0.197 e. The van der Waals surface area contributed by atoms with Crippen molar-refractivity contribution in [1.82, 2.24) is 4.98 Å². The Kier molecular flexibility index (Phi) is 3.20. The zero-order valence-electron chi connectivity index (χ0n) is 10.5. The fourth-order valence-corrected chi connectivity index (χ4v) is 2.11. The van der Waals surface area contributed by atoms with Crippen molar-refractivity contribution in [2.75, 3.05) is 0 Å². The molecule has 0 aliphatic heterocycles. The molecule has 0 saturated heterocycles. The van der Waals surface area contributed by atoms with Gasteiger partial charge in [0.05, 0.1) is 0 Å². The molecule has 3 nitrogen and oxygen atoms in total. The molecular weight excluding hydrogens is 262 g/mol. The zero-order chi connectivity index (χ0) is 14.1. The minimum Gasteiger partial charge on any atom is -0.441 e. The Hall–Kier alpha value is -2.27.